The van der Waals surface area contributed by atoms with Crippen LogP contribution in [-0.2, 0) is 4.79 Å². The maximum absolute atomic E-state index is 11.2. The van der Waals surface area contributed by atoms with Crippen LogP contribution < -0.4 is 10.6 Å². The number of hydrogen-bond acceptors (Lipinski definition) is 3. The lowest BCUT2D eigenvalue weighted by molar-refractivity contribution is -0.120. The summed E-state index contributed by atoms with van der Waals surface area (Å²) in [6.45, 7) is 9.45. The second kappa shape index (κ2) is 11.6. The number of hydrogen-bond donors (Lipinski definition) is 2. The monoisotopic (exact) mass is 341 g/mol. The van der Waals surface area contributed by atoms with Crippen molar-refractivity contribution >= 4 is 28.5 Å². The molecule has 0 unspecified atom stereocenters. The predicted molar refractivity (Wildman–Crippen MR) is 77.2 cm³/mol. The summed E-state index contributed by atoms with van der Waals surface area (Å²) in [6.07, 6.45) is 1.19. The average molecular weight is 341 g/mol. The Hall–Kier alpha value is 0.120. The van der Waals surface area contributed by atoms with E-state index in [1.54, 1.807) is 0 Å². The number of alkyl halides is 1. The first-order valence-corrected chi connectivity index (χ1v) is 7.52. The van der Waals surface area contributed by atoms with Gasteiger partial charge in [-0.25, -0.2) is 0 Å². The first-order chi connectivity index (χ1) is 7.74. The van der Waals surface area contributed by atoms with Gasteiger partial charge < -0.3 is 15.5 Å². The van der Waals surface area contributed by atoms with Crippen molar-refractivity contribution in [1.82, 2.24) is 15.5 Å². The third-order valence-electron chi connectivity index (χ3n) is 2.20. The lowest BCUT2D eigenvalue weighted by atomic mass is 10.4. The lowest BCUT2D eigenvalue weighted by Gasteiger charge is -2.20. The normalized spacial score (nSPS) is 10.8. The number of carbonyl (C=O) groups excluding carboxylic acids is 1. The Kier molecular flexibility index (Phi) is 11.7. The Morgan fingerprint density at radius 2 is 2.00 bits per heavy atom. The van der Waals surface area contributed by atoms with Gasteiger partial charge in [0.05, 0.1) is 6.54 Å². The van der Waals surface area contributed by atoms with E-state index in [1.165, 1.54) is 6.42 Å². The zero-order valence-electron chi connectivity index (χ0n) is 10.4. The van der Waals surface area contributed by atoms with Crippen molar-refractivity contribution in [2.24, 2.45) is 0 Å². The Labute approximate surface area is 113 Å². The van der Waals surface area contributed by atoms with Crippen molar-refractivity contribution in [2.45, 2.75) is 20.3 Å². The van der Waals surface area contributed by atoms with Gasteiger partial charge in [-0.1, -0.05) is 29.5 Å². The van der Waals surface area contributed by atoms with E-state index in [0.29, 0.717) is 13.1 Å². The zero-order chi connectivity index (χ0) is 12.2. The predicted octanol–water partition coefficient (Wildman–Crippen LogP) is 0.859. The van der Waals surface area contributed by atoms with Gasteiger partial charge in [-0.15, -0.1) is 0 Å². The molecule has 0 rings (SSSR count). The third-order valence-corrected chi connectivity index (χ3v) is 2.69. The second-order valence-corrected chi connectivity index (χ2v) is 4.74. The van der Waals surface area contributed by atoms with Crippen LogP contribution in [0.5, 0.6) is 0 Å². The first kappa shape index (κ1) is 16.1. The summed E-state index contributed by atoms with van der Waals surface area (Å²) in [5.74, 6) is 0.0819. The molecule has 0 saturated carbocycles. The molecule has 0 aromatic heterocycles. The molecule has 4 nitrogen and oxygen atoms in total. The number of rotatable bonds is 10. The summed E-state index contributed by atoms with van der Waals surface area (Å²) in [6, 6.07) is 0. The first-order valence-electron chi connectivity index (χ1n) is 6.00. The molecule has 0 aromatic carbocycles. The number of nitrogens with zero attached hydrogens (tertiary/aromatic N) is 1. The molecule has 0 radical (unpaired) electrons. The Balaban J connectivity index is 3.49. The van der Waals surface area contributed by atoms with Crippen molar-refractivity contribution in [1.29, 1.82) is 0 Å². The van der Waals surface area contributed by atoms with E-state index >= 15 is 0 Å². The van der Waals surface area contributed by atoms with E-state index in [4.69, 9.17) is 0 Å². The van der Waals surface area contributed by atoms with Crippen LogP contribution >= 0.6 is 22.6 Å². The quantitative estimate of drug-likeness (QED) is 0.352. The standard InChI is InChI=1S/C11H24IN3O/c1-3-7-15(8-5-12)9-6-13-10-11(16)14-4-2/h13H,3-10H2,1-2H3,(H,14,16). The summed E-state index contributed by atoms with van der Waals surface area (Å²) >= 11 is 2.40. The van der Waals surface area contributed by atoms with Crippen LogP contribution in [0.3, 0.4) is 0 Å². The molecular weight excluding hydrogens is 317 g/mol. The Morgan fingerprint density at radius 1 is 1.25 bits per heavy atom. The van der Waals surface area contributed by atoms with E-state index < -0.39 is 0 Å². The summed E-state index contributed by atoms with van der Waals surface area (Å²) in [4.78, 5) is 13.6. The molecule has 0 spiro atoms. The van der Waals surface area contributed by atoms with Gasteiger partial charge in [-0.05, 0) is 19.9 Å². The topological polar surface area (TPSA) is 44.4 Å². The molecular formula is C11H24IN3O. The van der Waals surface area contributed by atoms with Crippen LogP contribution in [0.2, 0.25) is 0 Å². The Morgan fingerprint density at radius 3 is 2.56 bits per heavy atom. The molecule has 0 atom stereocenters. The molecule has 2 N–H and O–H groups in total. The van der Waals surface area contributed by atoms with E-state index in [2.05, 4.69) is 45.0 Å². The molecule has 0 aromatic rings. The molecule has 0 fully saturated rings. The summed E-state index contributed by atoms with van der Waals surface area (Å²) in [5, 5.41) is 5.93. The van der Waals surface area contributed by atoms with Gasteiger partial charge in [0, 0.05) is 30.6 Å². The average Bonchev–Trinajstić information content (AvgIpc) is 2.25. The second-order valence-electron chi connectivity index (χ2n) is 3.66. The fourth-order valence-electron chi connectivity index (χ4n) is 1.47. The lowest BCUT2D eigenvalue weighted by Crippen LogP contribution is -2.38. The van der Waals surface area contributed by atoms with E-state index in [9.17, 15) is 4.79 Å². The number of nitrogens with one attached hydrogen (secondary N) is 2. The minimum atomic E-state index is 0.0819. The number of likely N-dealkylation sites (N-methyl/N-ethyl adjacent to an activating group) is 1. The van der Waals surface area contributed by atoms with Crippen LogP contribution in [0.25, 0.3) is 0 Å². The maximum atomic E-state index is 11.2. The Bertz CT molecular complexity index is 173. The van der Waals surface area contributed by atoms with Crippen LogP contribution in [0, 0.1) is 0 Å². The van der Waals surface area contributed by atoms with Crippen molar-refractivity contribution in [2.75, 3.05) is 43.7 Å². The highest BCUT2D eigenvalue weighted by Gasteiger charge is 2.03. The van der Waals surface area contributed by atoms with E-state index in [-0.39, 0.29) is 5.91 Å². The number of amides is 1. The number of halogens is 1. The van der Waals surface area contributed by atoms with Gasteiger partial charge >= 0.3 is 0 Å². The van der Waals surface area contributed by atoms with Crippen LogP contribution in [-0.4, -0.2) is 54.5 Å². The molecule has 16 heavy (non-hydrogen) atoms. The summed E-state index contributed by atoms with van der Waals surface area (Å²) in [5.41, 5.74) is 0. The molecule has 1 amide bonds. The molecule has 0 bridgehead atoms. The zero-order valence-corrected chi connectivity index (χ0v) is 12.5. The highest BCUT2D eigenvalue weighted by molar-refractivity contribution is 14.1. The smallest absolute Gasteiger partial charge is 0.233 e. The number of carbonyl (C=O) groups is 1. The largest absolute Gasteiger partial charge is 0.355 e. The van der Waals surface area contributed by atoms with Crippen LogP contribution in [0.4, 0.5) is 0 Å². The molecule has 0 aliphatic carbocycles. The van der Waals surface area contributed by atoms with Crippen LogP contribution in [0.1, 0.15) is 20.3 Å². The third kappa shape index (κ3) is 9.35. The van der Waals surface area contributed by atoms with Gasteiger partial charge in [0.15, 0.2) is 0 Å². The summed E-state index contributed by atoms with van der Waals surface area (Å²) < 4.78 is 1.16. The van der Waals surface area contributed by atoms with Crippen molar-refractivity contribution < 1.29 is 4.79 Å². The maximum Gasteiger partial charge on any atom is 0.233 e. The van der Waals surface area contributed by atoms with Gasteiger partial charge in [0.25, 0.3) is 0 Å². The minimum absolute atomic E-state index is 0.0819. The minimum Gasteiger partial charge on any atom is -0.355 e. The van der Waals surface area contributed by atoms with Gasteiger partial charge in [0.1, 0.15) is 0 Å². The molecule has 0 aliphatic heterocycles. The van der Waals surface area contributed by atoms with Crippen molar-refractivity contribution in [3.63, 3.8) is 0 Å². The highest BCUT2D eigenvalue weighted by atomic mass is 127. The van der Waals surface area contributed by atoms with E-state index in [1.807, 2.05) is 6.92 Å². The van der Waals surface area contributed by atoms with Gasteiger partial charge in [-0.3, -0.25) is 4.79 Å². The van der Waals surface area contributed by atoms with E-state index in [0.717, 1.165) is 30.6 Å². The highest BCUT2D eigenvalue weighted by Crippen LogP contribution is 1.93. The van der Waals surface area contributed by atoms with Crippen molar-refractivity contribution in [3.05, 3.63) is 0 Å². The molecule has 0 aliphatic rings. The molecule has 5 heteroatoms. The SMILES string of the molecule is CCCN(CCI)CCNCC(=O)NCC. The van der Waals surface area contributed by atoms with Crippen molar-refractivity contribution in [3.8, 4) is 0 Å². The van der Waals surface area contributed by atoms with Gasteiger partial charge in [-0.2, -0.15) is 0 Å². The summed E-state index contributed by atoms with van der Waals surface area (Å²) in [7, 11) is 0. The molecule has 0 heterocycles. The fraction of sp³-hybridized carbons (Fsp3) is 0.909. The molecule has 0 saturated heterocycles. The van der Waals surface area contributed by atoms with Gasteiger partial charge in [0.2, 0.25) is 5.91 Å². The van der Waals surface area contributed by atoms with Crippen LogP contribution in [0.15, 0.2) is 0 Å². The molecule has 96 valence electrons. The fourth-order valence-corrected chi connectivity index (χ4v) is 2.15.